The molecule has 3 nitrogen and oxygen atoms in total. The summed E-state index contributed by atoms with van der Waals surface area (Å²) in [5.41, 5.74) is 4.32. The predicted octanol–water partition coefficient (Wildman–Crippen LogP) is 4.02. The van der Waals surface area contributed by atoms with Crippen LogP contribution in [0.5, 0.6) is 0 Å². The minimum Gasteiger partial charge on any atom is -0.340 e. The van der Waals surface area contributed by atoms with Gasteiger partial charge in [0.05, 0.1) is 6.04 Å². The molecule has 0 radical (unpaired) electrons. The number of hydrogen-bond donors (Lipinski definition) is 1. The molecule has 100 valence electrons. The zero-order valence-corrected chi connectivity index (χ0v) is 11.5. The van der Waals surface area contributed by atoms with Crippen molar-refractivity contribution in [1.29, 1.82) is 0 Å². The molecular formula is C15H18FN3. The molecule has 19 heavy (non-hydrogen) atoms. The maximum atomic E-state index is 13.4. The number of nitrogens with zero attached hydrogens (tertiary/aromatic N) is 2. The molecule has 1 aliphatic heterocycles. The monoisotopic (exact) mass is 259 g/mol. The molecule has 1 unspecified atom stereocenters. The van der Waals surface area contributed by atoms with Gasteiger partial charge in [0.2, 0.25) is 0 Å². The fourth-order valence-electron chi connectivity index (χ4n) is 2.41. The summed E-state index contributed by atoms with van der Waals surface area (Å²) in [5.74, 6) is 0.828. The number of anilines is 1. The summed E-state index contributed by atoms with van der Waals surface area (Å²) < 4.78 is 13.4. The quantitative estimate of drug-likeness (QED) is 0.771. The molecular weight excluding hydrogens is 241 g/mol. The highest BCUT2D eigenvalue weighted by Crippen LogP contribution is 2.42. The van der Waals surface area contributed by atoms with Crippen molar-refractivity contribution in [2.75, 3.05) is 5.32 Å². The molecule has 2 aliphatic rings. The van der Waals surface area contributed by atoms with E-state index in [2.05, 4.69) is 17.3 Å². The topological polar surface area (TPSA) is 27.6 Å². The highest BCUT2D eigenvalue weighted by atomic mass is 19.1. The lowest BCUT2D eigenvalue weighted by molar-refractivity contribution is 0.279. The number of halogens is 1. The molecule has 1 fully saturated rings. The minimum atomic E-state index is -0.206. The Morgan fingerprint density at radius 2 is 2.11 bits per heavy atom. The Morgan fingerprint density at radius 1 is 1.37 bits per heavy atom. The van der Waals surface area contributed by atoms with E-state index in [1.807, 2.05) is 24.9 Å². The average molecular weight is 259 g/mol. The molecule has 1 atom stereocenters. The summed E-state index contributed by atoms with van der Waals surface area (Å²) in [6.07, 6.45) is 2.21. The van der Waals surface area contributed by atoms with Gasteiger partial charge in [-0.2, -0.15) is 5.10 Å². The molecule has 1 aromatic rings. The van der Waals surface area contributed by atoms with E-state index in [0.29, 0.717) is 0 Å². The average Bonchev–Trinajstić information content (AvgIpc) is 3.16. The molecule has 1 heterocycles. The van der Waals surface area contributed by atoms with E-state index >= 15 is 0 Å². The molecule has 0 spiro atoms. The van der Waals surface area contributed by atoms with Gasteiger partial charge in [-0.25, -0.2) is 9.40 Å². The highest BCUT2D eigenvalue weighted by molar-refractivity contribution is 5.79. The molecule has 0 aromatic heterocycles. The van der Waals surface area contributed by atoms with Gasteiger partial charge in [-0.15, -0.1) is 0 Å². The molecule has 3 rings (SSSR count). The van der Waals surface area contributed by atoms with Gasteiger partial charge in [-0.3, -0.25) is 0 Å². The number of nitrogens with one attached hydrogen (secondary N) is 1. The van der Waals surface area contributed by atoms with Gasteiger partial charge in [-0.05, 0) is 51.3 Å². The van der Waals surface area contributed by atoms with Crippen molar-refractivity contribution in [3.63, 3.8) is 0 Å². The second-order valence-electron chi connectivity index (χ2n) is 5.38. The molecule has 1 saturated carbocycles. The molecule has 1 N–H and O–H groups in total. The molecule has 1 aromatic carbocycles. The van der Waals surface area contributed by atoms with Crippen LogP contribution >= 0.6 is 0 Å². The SMILES string of the molecule is CC(C)=NN1C(=C2CC2)Nc2cc(F)ccc2C1C. The zero-order chi connectivity index (χ0) is 13.6. The molecule has 0 saturated heterocycles. The van der Waals surface area contributed by atoms with Crippen molar-refractivity contribution < 1.29 is 4.39 Å². The van der Waals surface area contributed by atoms with E-state index in [4.69, 9.17) is 0 Å². The van der Waals surface area contributed by atoms with Crippen molar-refractivity contribution in [2.24, 2.45) is 5.10 Å². The molecule has 0 amide bonds. The lowest BCUT2D eigenvalue weighted by atomic mass is 10.0. The van der Waals surface area contributed by atoms with Crippen molar-refractivity contribution in [2.45, 2.75) is 39.7 Å². The normalized spacial score (nSPS) is 20.8. The van der Waals surface area contributed by atoms with Crippen molar-refractivity contribution in [1.82, 2.24) is 5.01 Å². The van der Waals surface area contributed by atoms with Gasteiger partial charge < -0.3 is 5.32 Å². The number of fused-ring (bicyclic) bond motifs is 1. The summed E-state index contributed by atoms with van der Waals surface area (Å²) in [4.78, 5) is 0. The first-order chi connectivity index (χ1) is 9.06. The van der Waals surface area contributed by atoms with Gasteiger partial charge in [0.15, 0.2) is 0 Å². The second kappa shape index (κ2) is 4.37. The van der Waals surface area contributed by atoms with Gasteiger partial charge in [0, 0.05) is 17.0 Å². The lowest BCUT2D eigenvalue weighted by Gasteiger charge is -2.36. The van der Waals surface area contributed by atoms with E-state index in [1.54, 1.807) is 6.07 Å². The van der Waals surface area contributed by atoms with Crippen LogP contribution in [0.1, 0.15) is 45.2 Å². The number of hydrazone groups is 1. The molecule has 0 bridgehead atoms. The Balaban J connectivity index is 2.09. The fourth-order valence-corrected chi connectivity index (χ4v) is 2.41. The fraction of sp³-hybridized carbons (Fsp3) is 0.400. The first-order valence-corrected chi connectivity index (χ1v) is 6.66. The maximum Gasteiger partial charge on any atom is 0.126 e. The van der Waals surface area contributed by atoms with Gasteiger partial charge >= 0.3 is 0 Å². The van der Waals surface area contributed by atoms with Crippen molar-refractivity contribution >= 4 is 11.4 Å². The highest BCUT2D eigenvalue weighted by Gasteiger charge is 2.32. The Morgan fingerprint density at radius 3 is 2.74 bits per heavy atom. The Bertz CT molecular complexity index is 579. The summed E-state index contributed by atoms with van der Waals surface area (Å²) in [7, 11) is 0. The Labute approximate surface area is 112 Å². The summed E-state index contributed by atoms with van der Waals surface area (Å²) in [6, 6.07) is 5.03. The second-order valence-corrected chi connectivity index (χ2v) is 5.38. The largest absolute Gasteiger partial charge is 0.340 e. The first kappa shape index (κ1) is 12.2. The third kappa shape index (κ3) is 2.23. The van der Waals surface area contributed by atoms with Gasteiger partial charge in [-0.1, -0.05) is 6.07 Å². The Hall–Kier alpha value is -1.84. The van der Waals surface area contributed by atoms with Crippen LogP contribution in [0.25, 0.3) is 0 Å². The van der Waals surface area contributed by atoms with E-state index in [1.165, 1.54) is 11.6 Å². The third-order valence-electron chi connectivity index (χ3n) is 3.46. The van der Waals surface area contributed by atoms with E-state index in [9.17, 15) is 4.39 Å². The van der Waals surface area contributed by atoms with Crippen LogP contribution in [0.15, 0.2) is 34.7 Å². The van der Waals surface area contributed by atoms with Crippen LogP contribution < -0.4 is 5.32 Å². The van der Waals surface area contributed by atoms with Crippen molar-refractivity contribution in [3.05, 3.63) is 41.0 Å². The van der Waals surface area contributed by atoms with Crippen LogP contribution in [-0.4, -0.2) is 10.7 Å². The van der Waals surface area contributed by atoms with Gasteiger partial charge in [0.1, 0.15) is 11.6 Å². The lowest BCUT2D eigenvalue weighted by Crippen LogP contribution is -2.31. The number of benzene rings is 1. The standard InChI is InChI=1S/C15H18FN3/c1-9(2)18-19-10(3)13-7-6-12(16)8-14(13)17-15(19)11-4-5-11/h6-8,10,17H,4-5H2,1-3H3. The minimum absolute atomic E-state index is 0.120. The van der Waals surface area contributed by atoms with E-state index < -0.39 is 0 Å². The van der Waals surface area contributed by atoms with Crippen molar-refractivity contribution in [3.8, 4) is 0 Å². The van der Waals surface area contributed by atoms with Crippen LogP contribution in [-0.2, 0) is 0 Å². The summed E-state index contributed by atoms with van der Waals surface area (Å²) in [6.45, 7) is 6.08. The van der Waals surface area contributed by atoms with Crippen LogP contribution in [0.2, 0.25) is 0 Å². The number of allylic oxidation sites excluding steroid dienone is 1. The Kier molecular flexibility index (Phi) is 2.81. The number of rotatable bonds is 1. The first-order valence-electron chi connectivity index (χ1n) is 6.66. The predicted molar refractivity (Wildman–Crippen MR) is 75.3 cm³/mol. The van der Waals surface area contributed by atoms with E-state index in [-0.39, 0.29) is 11.9 Å². The van der Waals surface area contributed by atoms with E-state index in [0.717, 1.165) is 35.6 Å². The third-order valence-corrected chi connectivity index (χ3v) is 3.46. The smallest absolute Gasteiger partial charge is 0.126 e. The van der Waals surface area contributed by atoms with Crippen LogP contribution in [0.4, 0.5) is 10.1 Å². The van der Waals surface area contributed by atoms with Crippen LogP contribution in [0.3, 0.4) is 0 Å². The van der Waals surface area contributed by atoms with Crippen LogP contribution in [0, 0.1) is 5.82 Å². The maximum absolute atomic E-state index is 13.4. The molecule has 4 heteroatoms. The summed E-state index contributed by atoms with van der Waals surface area (Å²) in [5, 5.41) is 9.99. The number of hydrogen-bond acceptors (Lipinski definition) is 3. The zero-order valence-electron chi connectivity index (χ0n) is 11.5. The summed E-state index contributed by atoms with van der Waals surface area (Å²) >= 11 is 0. The van der Waals surface area contributed by atoms with Gasteiger partial charge in [0.25, 0.3) is 0 Å². The molecule has 1 aliphatic carbocycles.